The highest BCUT2D eigenvalue weighted by Gasteiger charge is 2.37. The molecule has 0 spiro atoms. The fourth-order valence-electron chi connectivity index (χ4n) is 2.27. The van der Waals surface area contributed by atoms with Gasteiger partial charge in [-0.1, -0.05) is 12.1 Å². The first-order valence-corrected chi connectivity index (χ1v) is 7.70. The van der Waals surface area contributed by atoms with Crippen LogP contribution in [0.4, 0.5) is 13.2 Å². The van der Waals surface area contributed by atoms with E-state index in [1.165, 1.54) is 12.1 Å². The number of nitrogens with one attached hydrogen (secondary N) is 1. The molecule has 2 aromatic rings. The van der Waals surface area contributed by atoms with Crippen LogP contribution in [0, 0.1) is 0 Å². The summed E-state index contributed by atoms with van der Waals surface area (Å²) < 4.78 is 45.6. The van der Waals surface area contributed by atoms with Crippen LogP contribution < -0.4 is 5.32 Å². The molecule has 0 unspecified atom stereocenters. The third-order valence-corrected chi connectivity index (χ3v) is 3.30. The summed E-state index contributed by atoms with van der Waals surface area (Å²) in [5.74, 6) is -1.56. The molecule has 1 heterocycles. The maximum absolute atomic E-state index is 13.1. The summed E-state index contributed by atoms with van der Waals surface area (Å²) in [5, 5.41) is 2.60. The molecule has 0 aliphatic rings. The molecule has 0 aliphatic carbocycles. The summed E-state index contributed by atoms with van der Waals surface area (Å²) in [4.78, 5) is 15.6. The van der Waals surface area contributed by atoms with Gasteiger partial charge in [0.05, 0.1) is 17.1 Å². The van der Waals surface area contributed by atoms with Crippen molar-refractivity contribution in [2.75, 3.05) is 13.2 Å². The standard InChI is InChI=1S/C16H20F3N3O2/c1-11(2)24-9-5-8-20-14(23)10-22-13-7-4-3-6-12(13)21-15(22)16(17,18)19/h3-4,6-7,11H,5,8-10H2,1-2H3,(H,20,23). The highest BCUT2D eigenvalue weighted by atomic mass is 19.4. The number of amides is 1. The third kappa shape index (κ3) is 4.70. The number of benzene rings is 1. The van der Waals surface area contributed by atoms with E-state index >= 15 is 0 Å². The van der Waals surface area contributed by atoms with Crippen molar-refractivity contribution in [1.82, 2.24) is 14.9 Å². The Bertz CT molecular complexity index is 695. The first-order chi connectivity index (χ1) is 11.3. The zero-order valence-electron chi connectivity index (χ0n) is 13.6. The summed E-state index contributed by atoms with van der Waals surface area (Å²) in [7, 11) is 0. The van der Waals surface area contributed by atoms with E-state index in [0.717, 1.165) is 4.57 Å². The van der Waals surface area contributed by atoms with Gasteiger partial charge in [0.2, 0.25) is 11.7 Å². The van der Waals surface area contributed by atoms with E-state index in [4.69, 9.17) is 4.74 Å². The molecule has 2 rings (SSSR count). The van der Waals surface area contributed by atoms with Gasteiger partial charge in [-0.25, -0.2) is 4.98 Å². The Labute approximate surface area is 137 Å². The Morgan fingerprint density at radius 1 is 1.33 bits per heavy atom. The van der Waals surface area contributed by atoms with Crippen LogP contribution in [0.2, 0.25) is 0 Å². The number of alkyl halides is 3. The zero-order chi connectivity index (χ0) is 17.7. The summed E-state index contributed by atoms with van der Waals surface area (Å²) >= 11 is 0. The Kier molecular flexibility index (Phi) is 5.82. The lowest BCUT2D eigenvalue weighted by Crippen LogP contribution is -2.30. The summed E-state index contributed by atoms with van der Waals surface area (Å²) in [5.41, 5.74) is 0.492. The van der Waals surface area contributed by atoms with E-state index < -0.39 is 24.5 Å². The molecule has 1 N–H and O–H groups in total. The number of carbonyl (C=O) groups is 1. The molecule has 0 aliphatic heterocycles. The van der Waals surface area contributed by atoms with Gasteiger partial charge < -0.3 is 14.6 Å². The quantitative estimate of drug-likeness (QED) is 0.787. The lowest BCUT2D eigenvalue weighted by molar-refractivity contribution is -0.147. The highest BCUT2D eigenvalue weighted by Crippen LogP contribution is 2.31. The number of imidazole rings is 1. The van der Waals surface area contributed by atoms with Gasteiger partial charge in [-0.3, -0.25) is 4.79 Å². The second kappa shape index (κ2) is 7.65. The number of carbonyl (C=O) groups excluding carboxylic acids is 1. The van der Waals surface area contributed by atoms with Crippen molar-refractivity contribution in [2.45, 2.75) is 39.1 Å². The van der Waals surface area contributed by atoms with E-state index in [-0.39, 0.29) is 17.1 Å². The van der Waals surface area contributed by atoms with Gasteiger partial charge in [0.15, 0.2) is 0 Å². The maximum atomic E-state index is 13.1. The molecule has 0 saturated heterocycles. The second-order valence-corrected chi connectivity index (χ2v) is 5.63. The summed E-state index contributed by atoms with van der Waals surface area (Å²) in [6.45, 7) is 4.21. The minimum Gasteiger partial charge on any atom is -0.379 e. The lowest BCUT2D eigenvalue weighted by Gasteiger charge is -2.12. The van der Waals surface area contributed by atoms with Gasteiger partial charge >= 0.3 is 6.18 Å². The van der Waals surface area contributed by atoms with Gasteiger partial charge in [-0.15, -0.1) is 0 Å². The van der Waals surface area contributed by atoms with Gasteiger partial charge in [-0.05, 0) is 32.4 Å². The number of nitrogens with zero attached hydrogens (tertiary/aromatic N) is 2. The molecule has 0 atom stereocenters. The van der Waals surface area contributed by atoms with Crippen LogP contribution in [-0.4, -0.2) is 34.7 Å². The summed E-state index contributed by atoms with van der Waals surface area (Å²) in [6, 6.07) is 6.22. The molecule has 0 saturated carbocycles. The van der Waals surface area contributed by atoms with Crippen molar-refractivity contribution in [1.29, 1.82) is 0 Å². The minimum atomic E-state index is -4.62. The molecule has 24 heavy (non-hydrogen) atoms. The zero-order valence-corrected chi connectivity index (χ0v) is 13.6. The number of halogens is 3. The molecule has 5 nitrogen and oxygen atoms in total. The number of ether oxygens (including phenoxy) is 1. The van der Waals surface area contributed by atoms with E-state index in [1.54, 1.807) is 12.1 Å². The molecule has 1 amide bonds. The normalized spacial score (nSPS) is 12.1. The molecule has 0 radical (unpaired) electrons. The number of hydrogen-bond donors (Lipinski definition) is 1. The maximum Gasteiger partial charge on any atom is 0.449 e. The van der Waals surface area contributed by atoms with Gasteiger partial charge in [0, 0.05) is 13.2 Å². The molecule has 1 aromatic heterocycles. The molecular formula is C16H20F3N3O2. The van der Waals surface area contributed by atoms with Crippen LogP contribution >= 0.6 is 0 Å². The average Bonchev–Trinajstić information content (AvgIpc) is 2.86. The number of fused-ring (bicyclic) bond motifs is 1. The Balaban J connectivity index is 2.04. The number of hydrogen-bond acceptors (Lipinski definition) is 3. The number of aromatic nitrogens is 2. The first kappa shape index (κ1) is 18.3. The molecule has 132 valence electrons. The van der Waals surface area contributed by atoms with Crippen molar-refractivity contribution in [2.24, 2.45) is 0 Å². The lowest BCUT2D eigenvalue weighted by atomic mass is 10.3. The fourth-order valence-corrected chi connectivity index (χ4v) is 2.27. The molecular weight excluding hydrogens is 323 g/mol. The van der Waals surface area contributed by atoms with Crippen LogP contribution in [0.15, 0.2) is 24.3 Å². The number of rotatable bonds is 7. The molecule has 1 aromatic carbocycles. The van der Waals surface area contributed by atoms with E-state index in [0.29, 0.717) is 19.6 Å². The van der Waals surface area contributed by atoms with Crippen molar-refractivity contribution in [3.8, 4) is 0 Å². The molecule has 0 fully saturated rings. The summed E-state index contributed by atoms with van der Waals surface area (Å²) in [6.07, 6.45) is -3.92. The van der Waals surface area contributed by atoms with E-state index in [2.05, 4.69) is 10.3 Å². The topological polar surface area (TPSA) is 56.1 Å². The van der Waals surface area contributed by atoms with Crippen LogP contribution in [-0.2, 0) is 22.3 Å². The van der Waals surface area contributed by atoms with Crippen LogP contribution in [0.1, 0.15) is 26.1 Å². The van der Waals surface area contributed by atoms with Crippen LogP contribution in [0.3, 0.4) is 0 Å². The first-order valence-electron chi connectivity index (χ1n) is 7.70. The average molecular weight is 343 g/mol. The minimum absolute atomic E-state index is 0.104. The number of para-hydroxylation sites is 2. The largest absolute Gasteiger partial charge is 0.449 e. The van der Waals surface area contributed by atoms with Crippen molar-refractivity contribution < 1.29 is 22.7 Å². The predicted octanol–water partition coefficient (Wildman–Crippen LogP) is 2.99. The molecule has 8 heteroatoms. The monoisotopic (exact) mass is 343 g/mol. The fraction of sp³-hybridized carbons (Fsp3) is 0.500. The van der Waals surface area contributed by atoms with Crippen molar-refractivity contribution >= 4 is 16.9 Å². The second-order valence-electron chi connectivity index (χ2n) is 5.63. The van der Waals surface area contributed by atoms with Gasteiger partial charge in [0.1, 0.15) is 6.54 Å². The highest BCUT2D eigenvalue weighted by molar-refractivity contribution is 5.81. The molecule has 0 bridgehead atoms. The smallest absolute Gasteiger partial charge is 0.379 e. The predicted molar refractivity (Wildman–Crippen MR) is 83.4 cm³/mol. The van der Waals surface area contributed by atoms with Crippen LogP contribution in [0.25, 0.3) is 11.0 Å². The van der Waals surface area contributed by atoms with Gasteiger partial charge in [0.25, 0.3) is 0 Å². The van der Waals surface area contributed by atoms with E-state index in [9.17, 15) is 18.0 Å². The van der Waals surface area contributed by atoms with Crippen LogP contribution in [0.5, 0.6) is 0 Å². The third-order valence-electron chi connectivity index (χ3n) is 3.30. The van der Waals surface area contributed by atoms with E-state index in [1.807, 2.05) is 13.8 Å². The van der Waals surface area contributed by atoms with Crippen molar-refractivity contribution in [3.63, 3.8) is 0 Å². The Morgan fingerprint density at radius 2 is 2.04 bits per heavy atom. The Hall–Kier alpha value is -2.09. The SMILES string of the molecule is CC(C)OCCCNC(=O)Cn1c(C(F)(F)F)nc2ccccc21. The Morgan fingerprint density at radius 3 is 2.71 bits per heavy atom. The van der Waals surface area contributed by atoms with Gasteiger partial charge in [-0.2, -0.15) is 13.2 Å². The van der Waals surface area contributed by atoms with Crippen molar-refractivity contribution in [3.05, 3.63) is 30.1 Å².